The van der Waals surface area contributed by atoms with E-state index < -0.39 is 0 Å². The molecular formula is C22H18Cl2N2O2. The van der Waals surface area contributed by atoms with Crippen molar-refractivity contribution in [2.45, 2.75) is 13.2 Å². The molecule has 0 saturated heterocycles. The van der Waals surface area contributed by atoms with Crippen LogP contribution in [0.1, 0.15) is 5.82 Å². The van der Waals surface area contributed by atoms with Crippen LogP contribution in [0.25, 0.3) is 11.0 Å². The van der Waals surface area contributed by atoms with Crippen LogP contribution in [0.15, 0.2) is 72.8 Å². The fourth-order valence-electron chi connectivity index (χ4n) is 2.97. The number of nitrogens with zero attached hydrogens (tertiary/aromatic N) is 2. The zero-order valence-corrected chi connectivity index (χ0v) is 16.5. The van der Waals surface area contributed by atoms with Gasteiger partial charge in [0.05, 0.1) is 22.6 Å². The van der Waals surface area contributed by atoms with Gasteiger partial charge in [0.15, 0.2) is 0 Å². The highest BCUT2D eigenvalue weighted by molar-refractivity contribution is 6.32. The minimum Gasteiger partial charge on any atom is -0.490 e. The summed E-state index contributed by atoms with van der Waals surface area (Å²) in [7, 11) is 0. The molecule has 0 N–H and O–H groups in total. The van der Waals surface area contributed by atoms with Gasteiger partial charge in [-0.25, -0.2) is 4.98 Å². The lowest BCUT2D eigenvalue weighted by atomic mass is 10.3. The summed E-state index contributed by atoms with van der Waals surface area (Å²) in [4.78, 5) is 4.72. The lowest BCUT2D eigenvalue weighted by Crippen LogP contribution is -2.13. The summed E-state index contributed by atoms with van der Waals surface area (Å²) in [6.45, 7) is 1.45. The third-order valence-electron chi connectivity index (χ3n) is 4.32. The summed E-state index contributed by atoms with van der Waals surface area (Å²) >= 11 is 12.1. The first kappa shape index (κ1) is 18.7. The third-order valence-corrected chi connectivity index (χ3v) is 4.89. The zero-order valence-electron chi connectivity index (χ0n) is 15.0. The topological polar surface area (TPSA) is 36.3 Å². The summed E-state index contributed by atoms with van der Waals surface area (Å²) in [6.07, 6.45) is 0. The van der Waals surface area contributed by atoms with Gasteiger partial charge in [0.2, 0.25) is 0 Å². The number of rotatable bonds is 7. The highest BCUT2D eigenvalue weighted by atomic mass is 35.5. The molecule has 0 spiro atoms. The Kier molecular flexibility index (Phi) is 5.70. The summed E-state index contributed by atoms with van der Waals surface area (Å²) < 4.78 is 13.9. The Morgan fingerprint density at radius 3 is 2.39 bits per heavy atom. The molecule has 0 saturated carbocycles. The second kappa shape index (κ2) is 8.55. The normalized spacial score (nSPS) is 10.9. The molecule has 28 heavy (non-hydrogen) atoms. The fourth-order valence-corrected chi connectivity index (χ4v) is 3.29. The maximum atomic E-state index is 6.17. The monoisotopic (exact) mass is 412 g/mol. The van der Waals surface area contributed by atoms with Gasteiger partial charge in [-0.1, -0.05) is 47.5 Å². The van der Waals surface area contributed by atoms with Crippen molar-refractivity contribution >= 4 is 34.2 Å². The highest BCUT2D eigenvalue weighted by Gasteiger charge is 2.11. The lowest BCUT2D eigenvalue weighted by Gasteiger charge is -2.12. The van der Waals surface area contributed by atoms with Crippen LogP contribution in [-0.4, -0.2) is 16.2 Å². The first-order chi connectivity index (χ1) is 13.7. The molecule has 0 aliphatic rings. The SMILES string of the molecule is Clc1ccc(OCc2nc3ccccc3n2CCOc2ccccc2Cl)cc1. The molecule has 4 rings (SSSR count). The van der Waals surface area contributed by atoms with E-state index in [0.717, 1.165) is 22.6 Å². The molecule has 1 aromatic heterocycles. The van der Waals surface area contributed by atoms with E-state index in [0.29, 0.717) is 35.6 Å². The van der Waals surface area contributed by atoms with Crippen LogP contribution in [0, 0.1) is 0 Å². The van der Waals surface area contributed by atoms with Crippen LogP contribution in [-0.2, 0) is 13.2 Å². The van der Waals surface area contributed by atoms with Crippen LogP contribution in [0.2, 0.25) is 10.0 Å². The molecule has 0 radical (unpaired) electrons. The van der Waals surface area contributed by atoms with Crippen molar-refractivity contribution in [1.82, 2.24) is 9.55 Å². The molecule has 0 aliphatic carbocycles. The number of hydrogen-bond acceptors (Lipinski definition) is 3. The average molecular weight is 413 g/mol. The van der Waals surface area contributed by atoms with E-state index in [1.807, 2.05) is 60.7 Å². The number of benzene rings is 3. The van der Waals surface area contributed by atoms with Gasteiger partial charge >= 0.3 is 0 Å². The summed E-state index contributed by atoms with van der Waals surface area (Å²) in [5, 5.41) is 1.28. The largest absolute Gasteiger partial charge is 0.490 e. The fraction of sp³-hybridized carbons (Fsp3) is 0.136. The van der Waals surface area contributed by atoms with Crippen molar-refractivity contribution in [2.75, 3.05) is 6.61 Å². The minimum absolute atomic E-state index is 0.350. The number of aromatic nitrogens is 2. The molecule has 0 amide bonds. The van der Waals surface area contributed by atoms with Crippen molar-refractivity contribution in [3.8, 4) is 11.5 Å². The second-order valence-electron chi connectivity index (χ2n) is 6.19. The van der Waals surface area contributed by atoms with Crippen LogP contribution < -0.4 is 9.47 Å². The molecule has 0 unspecified atom stereocenters. The third kappa shape index (κ3) is 4.24. The van der Waals surface area contributed by atoms with E-state index in [1.165, 1.54) is 0 Å². The zero-order chi connectivity index (χ0) is 19.3. The van der Waals surface area contributed by atoms with Crippen LogP contribution in [0.5, 0.6) is 11.5 Å². The van der Waals surface area contributed by atoms with E-state index in [-0.39, 0.29) is 0 Å². The number of fused-ring (bicyclic) bond motifs is 1. The predicted octanol–water partition coefficient (Wildman–Crippen LogP) is 6.00. The number of hydrogen-bond donors (Lipinski definition) is 0. The first-order valence-corrected chi connectivity index (χ1v) is 9.66. The van der Waals surface area contributed by atoms with Gasteiger partial charge < -0.3 is 14.0 Å². The van der Waals surface area contributed by atoms with Crippen molar-refractivity contribution in [2.24, 2.45) is 0 Å². The van der Waals surface area contributed by atoms with E-state index in [9.17, 15) is 0 Å². The molecule has 4 aromatic rings. The Morgan fingerprint density at radius 1 is 0.821 bits per heavy atom. The summed E-state index contributed by atoms with van der Waals surface area (Å²) in [5.74, 6) is 2.25. The molecule has 6 heteroatoms. The predicted molar refractivity (Wildman–Crippen MR) is 112 cm³/mol. The lowest BCUT2D eigenvalue weighted by molar-refractivity contribution is 0.272. The highest BCUT2D eigenvalue weighted by Crippen LogP contribution is 2.24. The standard InChI is InChI=1S/C22H18Cl2N2O2/c23-16-9-11-17(12-10-16)28-15-22-25-19-6-2-3-7-20(19)26(22)13-14-27-21-8-4-1-5-18(21)24/h1-12H,13-15H2. The number of ether oxygens (including phenoxy) is 2. The van der Waals surface area contributed by atoms with Crippen LogP contribution in [0.4, 0.5) is 0 Å². The Hall–Kier alpha value is -2.69. The quantitative estimate of drug-likeness (QED) is 0.373. The van der Waals surface area contributed by atoms with Gasteiger partial charge in [-0.05, 0) is 48.5 Å². The maximum Gasteiger partial charge on any atom is 0.148 e. The average Bonchev–Trinajstić information content (AvgIpc) is 3.07. The van der Waals surface area contributed by atoms with E-state index in [2.05, 4.69) is 4.57 Å². The van der Waals surface area contributed by atoms with Gasteiger partial charge in [-0.15, -0.1) is 0 Å². The Balaban J connectivity index is 1.51. The van der Waals surface area contributed by atoms with Crippen LogP contribution >= 0.6 is 23.2 Å². The smallest absolute Gasteiger partial charge is 0.148 e. The van der Waals surface area contributed by atoms with Gasteiger partial charge in [-0.2, -0.15) is 0 Å². The molecule has 0 fully saturated rings. The number of halogens is 2. The first-order valence-electron chi connectivity index (χ1n) is 8.90. The van der Waals surface area contributed by atoms with E-state index >= 15 is 0 Å². The van der Waals surface area contributed by atoms with Gasteiger partial charge in [0, 0.05) is 5.02 Å². The Labute approximate surface area is 173 Å². The van der Waals surface area contributed by atoms with Gasteiger partial charge in [-0.3, -0.25) is 0 Å². The number of para-hydroxylation sites is 3. The summed E-state index contributed by atoms with van der Waals surface area (Å²) in [6, 6.07) is 22.8. The Bertz CT molecular complexity index is 1080. The molecule has 0 aliphatic heterocycles. The van der Waals surface area contributed by atoms with E-state index in [4.69, 9.17) is 37.7 Å². The van der Waals surface area contributed by atoms with Crippen LogP contribution in [0.3, 0.4) is 0 Å². The van der Waals surface area contributed by atoms with Crippen molar-refractivity contribution in [3.63, 3.8) is 0 Å². The van der Waals surface area contributed by atoms with Gasteiger partial charge in [0.1, 0.15) is 30.5 Å². The molecular weight excluding hydrogens is 395 g/mol. The number of imidazole rings is 1. The summed E-state index contributed by atoms with van der Waals surface area (Å²) in [5.41, 5.74) is 1.97. The molecule has 0 atom stereocenters. The molecule has 1 heterocycles. The van der Waals surface area contributed by atoms with Crippen molar-refractivity contribution in [1.29, 1.82) is 0 Å². The second-order valence-corrected chi connectivity index (χ2v) is 7.03. The molecule has 142 valence electrons. The maximum absolute atomic E-state index is 6.17. The van der Waals surface area contributed by atoms with Crippen molar-refractivity contribution in [3.05, 3.63) is 88.7 Å². The molecule has 3 aromatic carbocycles. The van der Waals surface area contributed by atoms with E-state index in [1.54, 1.807) is 12.1 Å². The molecule has 4 nitrogen and oxygen atoms in total. The van der Waals surface area contributed by atoms with Gasteiger partial charge in [0.25, 0.3) is 0 Å². The van der Waals surface area contributed by atoms with Crippen molar-refractivity contribution < 1.29 is 9.47 Å². The Morgan fingerprint density at radius 2 is 1.57 bits per heavy atom. The minimum atomic E-state index is 0.350. The molecule has 0 bridgehead atoms.